The number of rotatable bonds is 3. The number of aromatic nitrogens is 2. The average Bonchev–Trinajstić information content (AvgIpc) is 2.76. The van der Waals surface area contributed by atoms with Crippen molar-refractivity contribution in [2.75, 3.05) is 11.4 Å². The second-order valence-corrected chi connectivity index (χ2v) is 6.34. The van der Waals surface area contributed by atoms with Crippen molar-refractivity contribution >= 4 is 17.4 Å². The molecule has 1 aromatic heterocycles. The van der Waals surface area contributed by atoms with Gasteiger partial charge in [0.15, 0.2) is 0 Å². The van der Waals surface area contributed by atoms with Crippen molar-refractivity contribution in [1.82, 2.24) is 9.97 Å². The van der Waals surface area contributed by atoms with Gasteiger partial charge < -0.3 is 10.0 Å². The van der Waals surface area contributed by atoms with Crippen LogP contribution in [0.15, 0.2) is 6.07 Å². The number of hydrogen-bond acceptors (Lipinski definition) is 4. The summed E-state index contributed by atoms with van der Waals surface area (Å²) in [5.74, 6) is -3.83. The van der Waals surface area contributed by atoms with Gasteiger partial charge in [0.2, 0.25) is 0 Å². The van der Waals surface area contributed by atoms with Crippen molar-refractivity contribution in [2.45, 2.75) is 50.7 Å². The summed E-state index contributed by atoms with van der Waals surface area (Å²) in [4.78, 5) is 10.2. The Morgan fingerprint density at radius 3 is 2.71 bits per heavy atom. The molecule has 1 aliphatic heterocycles. The van der Waals surface area contributed by atoms with E-state index in [0.717, 1.165) is 6.42 Å². The summed E-state index contributed by atoms with van der Waals surface area (Å²) < 4.78 is 27.1. The van der Waals surface area contributed by atoms with Gasteiger partial charge in [0.1, 0.15) is 16.8 Å². The number of aliphatic hydroxyl groups excluding tert-OH is 1. The minimum absolute atomic E-state index is 0.103. The third-order valence-electron chi connectivity index (χ3n) is 4.55. The molecule has 1 aliphatic carbocycles. The van der Waals surface area contributed by atoms with Gasteiger partial charge in [-0.3, -0.25) is 0 Å². The minimum atomic E-state index is -2.75. The molecule has 0 aromatic carbocycles. The summed E-state index contributed by atoms with van der Waals surface area (Å²) in [6, 6.07) is 1.73. The molecular formula is C14H18ClF2N3O. The molecule has 1 aromatic rings. The van der Waals surface area contributed by atoms with Crippen molar-refractivity contribution in [3.63, 3.8) is 0 Å². The van der Waals surface area contributed by atoms with Crippen LogP contribution in [0, 0.1) is 5.92 Å². The number of hydrogen-bond donors (Lipinski definition) is 1. The van der Waals surface area contributed by atoms with Crippen LogP contribution in [0.5, 0.6) is 0 Å². The number of β-amino-alcohol motifs (C(OH)–C–C–N with tert-alkyl or cyclic N) is 1. The van der Waals surface area contributed by atoms with Crippen LogP contribution >= 0.6 is 11.6 Å². The van der Waals surface area contributed by atoms with Crippen LogP contribution in [0.4, 0.5) is 14.6 Å². The maximum atomic E-state index is 13.5. The molecule has 0 spiro atoms. The van der Waals surface area contributed by atoms with E-state index in [0.29, 0.717) is 18.8 Å². The number of halogens is 3. The molecule has 2 fully saturated rings. The van der Waals surface area contributed by atoms with Gasteiger partial charge in [-0.1, -0.05) is 25.4 Å². The number of aliphatic hydroxyl groups is 1. The monoisotopic (exact) mass is 317 g/mol. The van der Waals surface area contributed by atoms with Gasteiger partial charge in [-0.2, -0.15) is 0 Å². The average molecular weight is 318 g/mol. The lowest BCUT2D eigenvalue weighted by atomic mass is 10.1. The van der Waals surface area contributed by atoms with E-state index < -0.39 is 23.9 Å². The predicted octanol–water partition coefficient (Wildman–Crippen LogP) is 2.85. The van der Waals surface area contributed by atoms with E-state index >= 15 is 0 Å². The zero-order valence-electron chi connectivity index (χ0n) is 11.9. The molecule has 1 N–H and O–H groups in total. The van der Waals surface area contributed by atoms with E-state index in [1.807, 2.05) is 11.8 Å². The van der Waals surface area contributed by atoms with Gasteiger partial charge in [-0.25, -0.2) is 18.7 Å². The fourth-order valence-electron chi connectivity index (χ4n) is 3.14. The second kappa shape index (κ2) is 5.02. The highest BCUT2D eigenvalue weighted by atomic mass is 35.5. The first-order valence-electron chi connectivity index (χ1n) is 7.21. The Morgan fingerprint density at radius 1 is 1.48 bits per heavy atom. The number of nitrogens with zero attached hydrogens (tertiary/aromatic N) is 3. The molecule has 1 saturated heterocycles. The van der Waals surface area contributed by atoms with Crippen LogP contribution in [-0.4, -0.2) is 39.7 Å². The van der Waals surface area contributed by atoms with E-state index in [-0.39, 0.29) is 17.0 Å². The van der Waals surface area contributed by atoms with E-state index in [2.05, 4.69) is 9.97 Å². The van der Waals surface area contributed by atoms with Gasteiger partial charge >= 0.3 is 0 Å². The molecule has 4 nitrogen and oxygen atoms in total. The standard InChI is InChI=1S/C14H18ClF2N3O/c1-3-8-4-9(21)6-20(8)11-5-10(15)18-13(19-11)12-7(2)14(12,16)17/h5,7-9,12,21H,3-4,6H2,1-2H3/t7?,8-,9+,12?/m1/s1. The Labute approximate surface area is 127 Å². The van der Waals surface area contributed by atoms with Crippen LogP contribution in [0.1, 0.15) is 38.4 Å². The summed E-state index contributed by atoms with van der Waals surface area (Å²) in [5.41, 5.74) is 0. The molecule has 0 bridgehead atoms. The summed E-state index contributed by atoms with van der Waals surface area (Å²) in [7, 11) is 0. The van der Waals surface area contributed by atoms with Gasteiger partial charge in [-0.05, 0) is 12.8 Å². The lowest BCUT2D eigenvalue weighted by molar-refractivity contribution is 0.0955. The zero-order chi connectivity index (χ0) is 15.4. The lowest BCUT2D eigenvalue weighted by Crippen LogP contribution is -2.30. The molecule has 4 atom stereocenters. The zero-order valence-corrected chi connectivity index (χ0v) is 12.7. The number of anilines is 1. The topological polar surface area (TPSA) is 49.2 Å². The van der Waals surface area contributed by atoms with Gasteiger partial charge in [0, 0.05) is 24.6 Å². The summed E-state index contributed by atoms with van der Waals surface area (Å²) in [6.45, 7) is 3.96. The van der Waals surface area contributed by atoms with E-state index in [9.17, 15) is 13.9 Å². The van der Waals surface area contributed by atoms with Crippen LogP contribution in [0.3, 0.4) is 0 Å². The SMILES string of the molecule is CC[C@@H]1C[C@H](O)CN1c1cc(Cl)nc(C2C(C)C2(F)F)n1. The Morgan fingerprint density at radius 2 is 2.14 bits per heavy atom. The largest absolute Gasteiger partial charge is 0.391 e. The molecule has 2 aliphatic rings. The summed E-state index contributed by atoms with van der Waals surface area (Å²) in [6.07, 6.45) is 1.08. The minimum Gasteiger partial charge on any atom is -0.391 e. The van der Waals surface area contributed by atoms with Crippen LogP contribution in [-0.2, 0) is 0 Å². The lowest BCUT2D eigenvalue weighted by Gasteiger charge is -2.24. The molecule has 0 amide bonds. The molecular weight excluding hydrogens is 300 g/mol. The fraction of sp³-hybridized carbons (Fsp3) is 0.714. The predicted molar refractivity (Wildman–Crippen MR) is 75.9 cm³/mol. The first-order valence-corrected chi connectivity index (χ1v) is 7.59. The van der Waals surface area contributed by atoms with Crippen LogP contribution < -0.4 is 4.90 Å². The van der Waals surface area contributed by atoms with Gasteiger partial charge in [0.05, 0.1) is 12.0 Å². The number of alkyl halides is 2. The third-order valence-corrected chi connectivity index (χ3v) is 4.74. The Bertz CT molecular complexity index is 557. The normalized spacial score (nSPS) is 34.3. The first kappa shape index (κ1) is 14.9. The van der Waals surface area contributed by atoms with Gasteiger partial charge in [-0.15, -0.1) is 0 Å². The van der Waals surface area contributed by atoms with Crippen molar-refractivity contribution in [2.24, 2.45) is 5.92 Å². The van der Waals surface area contributed by atoms with Crippen molar-refractivity contribution in [3.8, 4) is 0 Å². The third kappa shape index (κ3) is 2.48. The second-order valence-electron chi connectivity index (χ2n) is 5.95. The van der Waals surface area contributed by atoms with Crippen molar-refractivity contribution in [1.29, 1.82) is 0 Å². The molecule has 2 heterocycles. The summed E-state index contributed by atoms with van der Waals surface area (Å²) >= 11 is 5.98. The van der Waals surface area contributed by atoms with E-state index in [1.54, 1.807) is 6.07 Å². The molecule has 3 rings (SSSR count). The Balaban J connectivity index is 1.92. The van der Waals surface area contributed by atoms with Crippen molar-refractivity contribution in [3.05, 3.63) is 17.0 Å². The quantitative estimate of drug-likeness (QED) is 0.871. The smallest absolute Gasteiger partial charge is 0.261 e. The highest BCUT2D eigenvalue weighted by molar-refractivity contribution is 6.29. The first-order chi connectivity index (χ1) is 9.84. The molecule has 0 radical (unpaired) electrons. The highest BCUT2D eigenvalue weighted by Crippen LogP contribution is 2.60. The molecule has 21 heavy (non-hydrogen) atoms. The maximum absolute atomic E-state index is 13.5. The maximum Gasteiger partial charge on any atom is 0.261 e. The van der Waals surface area contributed by atoms with Crippen LogP contribution in [0.2, 0.25) is 5.15 Å². The van der Waals surface area contributed by atoms with E-state index in [4.69, 9.17) is 11.6 Å². The molecule has 2 unspecified atom stereocenters. The fourth-order valence-corrected chi connectivity index (χ4v) is 3.33. The molecule has 1 saturated carbocycles. The summed E-state index contributed by atoms with van der Waals surface area (Å²) in [5, 5.41) is 9.98. The highest BCUT2D eigenvalue weighted by Gasteiger charge is 2.67. The van der Waals surface area contributed by atoms with Crippen LogP contribution in [0.25, 0.3) is 0 Å². The van der Waals surface area contributed by atoms with E-state index in [1.165, 1.54) is 6.92 Å². The Hall–Kier alpha value is -1.01. The molecule has 7 heteroatoms. The van der Waals surface area contributed by atoms with Gasteiger partial charge in [0.25, 0.3) is 5.92 Å². The molecule has 116 valence electrons. The van der Waals surface area contributed by atoms with Crippen molar-refractivity contribution < 1.29 is 13.9 Å². The Kier molecular flexibility index (Phi) is 3.56.